The molecule has 0 saturated carbocycles. The Morgan fingerprint density at radius 2 is 1.43 bits per heavy atom. The van der Waals surface area contributed by atoms with E-state index < -0.39 is 66.2 Å². The molecule has 0 fully saturated rings. The molecule has 172 valence electrons. The number of carbonyl (C=O) groups is 5. The first kappa shape index (κ1) is 27.7. The van der Waals surface area contributed by atoms with Crippen LogP contribution in [0.5, 0.6) is 0 Å². The predicted molar refractivity (Wildman–Crippen MR) is 112 cm³/mol. The van der Waals surface area contributed by atoms with Crippen LogP contribution in [0.3, 0.4) is 0 Å². The third kappa shape index (κ3) is 8.99. The Bertz CT molecular complexity index is 644. The molecule has 0 radical (unpaired) electrons. The summed E-state index contributed by atoms with van der Waals surface area (Å²) in [5.74, 6) is -5.76. The summed E-state index contributed by atoms with van der Waals surface area (Å²) in [7, 11) is 0. The quantitative estimate of drug-likeness (QED) is 0.174. The second-order valence-corrected chi connectivity index (χ2v) is 7.75. The van der Waals surface area contributed by atoms with Gasteiger partial charge in [0.05, 0.1) is 12.5 Å². The third-order valence-corrected chi connectivity index (χ3v) is 4.99. The largest absolute Gasteiger partial charge is 0.481 e. The fourth-order valence-corrected chi connectivity index (χ4v) is 2.60. The second-order valence-electron chi connectivity index (χ2n) is 7.38. The molecule has 0 aromatic rings. The molecule has 0 spiro atoms. The SMILES string of the molecule is CCC(C)C(NC(=O)C(CC(=O)O)NC(=O)C(N)C(C)C)C(=O)NC(CS)C(=O)O. The van der Waals surface area contributed by atoms with Crippen LogP contribution in [0, 0.1) is 11.8 Å². The van der Waals surface area contributed by atoms with E-state index in [1.165, 1.54) is 0 Å². The lowest BCUT2D eigenvalue weighted by Crippen LogP contribution is -2.59. The normalized spacial score (nSPS) is 16.0. The van der Waals surface area contributed by atoms with Crippen LogP contribution in [0.25, 0.3) is 0 Å². The summed E-state index contributed by atoms with van der Waals surface area (Å²) in [6.45, 7) is 6.82. The molecule has 30 heavy (non-hydrogen) atoms. The van der Waals surface area contributed by atoms with Crippen LogP contribution in [-0.4, -0.2) is 69.8 Å². The van der Waals surface area contributed by atoms with Gasteiger partial charge in [0.1, 0.15) is 18.1 Å². The highest BCUT2D eigenvalue weighted by molar-refractivity contribution is 7.80. The maximum atomic E-state index is 12.7. The van der Waals surface area contributed by atoms with Crippen LogP contribution in [0.4, 0.5) is 0 Å². The number of thiol groups is 1. The maximum Gasteiger partial charge on any atom is 0.327 e. The Labute approximate surface area is 180 Å². The van der Waals surface area contributed by atoms with Crippen molar-refractivity contribution in [1.29, 1.82) is 0 Å². The van der Waals surface area contributed by atoms with Gasteiger partial charge in [0.15, 0.2) is 0 Å². The summed E-state index contributed by atoms with van der Waals surface area (Å²) in [6.07, 6.45) is -0.253. The Hall–Kier alpha value is -2.34. The molecule has 0 aliphatic heterocycles. The van der Waals surface area contributed by atoms with Crippen LogP contribution in [0.15, 0.2) is 0 Å². The molecule has 11 nitrogen and oxygen atoms in total. The molecule has 0 bridgehead atoms. The molecular weight excluding hydrogens is 416 g/mol. The minimum absolute atomic E-state index is 0.160. The average molecular weight is 449 g/mol. The van der Waals surface area contributed by atoms with Crippen molar-refractivity contribution in [3.8, 4) is 0 Å². The van der Waals surface area contributed by atoms with Gasteiger partial charge in [0.2, 0.25) is 17.7 Å². The topological polar surface area (TPSA) is 188 Å². The van der Waals surface area contributed by atoms with Crippen molar-refractivity contribution in [3.05, 3.63) is 0 Å². The first-order valence-corrected chi connectivity index (χ1v) is 10.2. The highest BCUT2D eigenvalue weighted by Gasteiger charge is 2.33. The zero-order chi connectivity index (χ0) is 23.6. The zero-order valence-electron chi connectivity index (χ0n) is 17.5. The van der Waals surface area contributed by atoms with Gasteiger partial charge < -0.3 is 31.9 Å². The molecule has 0 saturated heterocycles. The van der Waals surface area contributed by atoms with Crippen molar-refractivity contribution in [2.24, 2.45) is 17.6 Å². The summed E-state index contributed by atoms with van der Waals surface area (Å²) < 4.78 is 0. The molecule has 0 aromatic heterocycles. The van der Waals surface area contributed by atoms with Crippen LogP contribution < -0.4 is 21.7 Å². The van der Waals surface area contributed by atoms with E-state index in [2.05, 4.69) is 28.6 Å². The Balaban J connectivity index is 5.51. The fourth-order valence-electron chi connectivity index (χ4n) is 2.36. The van der Waals surface area contributed by atoms with Gasteiger partial charge in [0.25, 0.3) is 0 Å². The maximum absolute atomic E-state index is 12.7. The number of carboxylic acid groups (broad SMARTS) is 2. The van der Waals surface area contributed by atoms with E-state index in [4.69, 9.17) is 15.9 Å². The predicted octanol–water partition coefficient (Wildman–Crippen LogP) is -1.04. The Morgan fingerprint density at radius 3 is 1.83 bits per heavy atom. The third-order valence-electron chi connectivity index (χ3n) is 4.62. The second kappa shape index (κ2) is 13.1. The zero-order valence-corrected chi connectivity index (χ0v) is 18.4. The highest BCUT2D eigenvalue weighted by atomic mass is 32.1. The smallest absolute Gasteiger partial charge is 0.327 e. The van der Waals surface area contributed by atoms with E-state index in [1.807, 2.05) is 0 Å². The molecule has 0 heterocycles. The van der Waals surface area contributed by atoms with Gasteiger partial charge in [-0.3, -0.25) is 19.2 Å². The van der Waals surface area contributed by atoms with Crippen LogP contribution >= 0.6 is 12.6 Å². The number of amides is 3. The van der Waals surface area contributed by atoms with Gasteiger partial charge in [-0.25, -0.2) is 4.79 Å². The van der Waals surface area contributed by atoms with Crippen molar-refractivity contribution >= 4 is 42.3 Å². The van der Waals surface area contributed by atoms with Gasteiger partial charge in [-0.1, -0.05) is 34.1 Å². The molecule has 5 atom stereocenters. The van der Waals surface area contributed by atoms with Gasteiger partial charge in [-0.05, 0) is 11.8 Å². The Morgan fingerprint density at radius 1 is 0.900 bits per heavy atom. The van der Waals surface area contributed by atoms with Gasteiger partial charge >= 0.3 is 11.9 Å². The number of hydrogen-bond acceptors (Lipinski definition) is 7. The number of nitrogens with one attached hydrogen (secondary N) is 3. The van der Waals surface area contributed by atoms with Gasteiger partial charge in [-0.15, -0.1) is 0 Å². The van der Waals surface area contributed by atoms with E-state index in [0.717, 1.165) is 0 Å². The first-order chi connectivity index (χ1) is 13.8. The van der Waals surface area contributed by atoms with E-state index in [1.54, 1.807) is 27.7 Å². The minimum atomic E-state index is -1.46. The average Bonchev–Trinajstić information content (AvgIpc) is 2.67. The number of rotatable bonds is 13. The van der Waals surface area contributed by atoms with E-state index >= 15 is 0 Å². The van der Waals surface area contributed by atoms with Crippen LogP contribution in [0.1, 0.15) is 40.5 Å². The van der Waals surface area contributed by atoms with Crippen LogP contribution in [-0.2, 0) is 24.0 Å². The summed E-state index contributed by atoms with van der Waals surface area (Å²) in [5, 5.41) is 25.2. The molecule has 0 aliphatic carbocycles. The molecule has 0 aromatic carbocycles. The molecule has 5 unspecified atom stereocenters. The van der Waals surface area contributed by atoms with Crippen molar-refractivity contribution in [3.63, 3.8) is 0 Å². The molecule has 3 amide bonds. The van der Waals surface area contributed by atoms with E-state index in [-0.39, 0.29) is 11.7 Å². The van der Waals surface area contributed by atoms with Crippen molar-refractivity contribution in [1.82, 2.24) is 16.0 Å². The number of nitrogens with two attached hydrogens (primary N) is 1. The lowest BCUT2D eigenvalue weighted by atomic mass is 9.97. The van der Waals surface area contributed by atoms with Gasteiger partial charge in [0, 0.05) is 5.75 Å². The van der Waals surface area contributed by atoms with Crippen molar-refractivity contribution in [2.45, 2.75) is 64.7 Å². The number of aliphatic carboxylic acids is 2. The summed E-state index contributed by atoms with van der Waals surface area (Å²) in [5.41, 5.74) is 5.74. The lowest BCUT2D eigenvalue weighted by Gasteiger charge is -2.27. The summed E-state index contributed by atoms with van der Waals surface area (Å²) >= 11 is 3.88. The van der Waals surface area contributed by atoms with Crippen molar-refractivity contribution in [2.75, 3.05) is 5.75 Å². The number of carbonyl (C=O) groups excluding carboxylic acids is 3. The van der Waals surface area contributed by atoms with Gasteiger partial charge in [-0.2, -0.15) is 12.6 Å². The highest BCUT2D eigenvalue weighted by Crippen LogP contribution is 2.10. The first-order valence-electron chi connectivity index (χ1n) is 9.57. The molecular formula is C18H32N4O7S. The monoisotopic (exact) mass is 448 g/mol. The molecule has 7 N–H and O–H groups in total. The number of hydrogen-bond donors (Lipinski definition) is 7. The lowest BCUT2D eigenvalue weighted by molar-refractivity contribution is -0.143. The summed E-state index contributed by atoms with van der Waals surface area (Å²) in [6, 6.07) is -4.81. The summed E-state index contributed by atoms with van der Waals surface area (Å²) in [4.78, 5) is 59.7. The number of carboxylic acids is 2. The van der Waals surface area contributed by atoms with Crippen LogP contribution in [0.2, 0.25) is 0 Å². The van der Waals surface area contributed by atoms with Crippen molar-refractivity contribution < 1.29 is 34.2 Å². The molecule has 12 heteroatoms. The molecule has 0 aliphatic rings. The Kier molecular flexibility index (Phi) is 12.0. The molecule has 0 rings (SSSR count). The standard InChI is InChI=1S/C18H32N4O7S/c1-5-9(4)14(17(27)21-11(7-30)18(28)29)22-15(25)10(6-12(23)24)20-16(26)13(19)8(2)3/h8-11,13-14,30H,5-7,19H2,1-4H3,(H,20,26)(H,21,27)(H,22,25)(H,23,24)(H,28,29). The van der Waals surface area contributed by atoms with E-state index in [9.17, 15) is 24.0 Å². The minimum Gasteiger partial charge on any atom is -0.481 e. The fraction of sp³-hybridized carbons (Fsp3) is 0.722. The van der Waals surface area contributed by atoms with E-state index in [0.29, 0.717) is 6.42 Å².